The van der Waals surface area contributed by atoms with Crippen molar-refractivity contribution in [2.24, 2.45) is 0 Å². The Kier molecular flexibility index (Phi) is 3.01. The third-order valence-electron chi connectivity index (χ3n) is 2.38. The number of amides is 1. The van der Waals surface area contributed by atoms with Crippen LogP contribution in [-0.4, -0.2) is 53.9 Å². The fourth-order valence-electron chi connectivity index (χ4n) is 1.52. The van der Waals surface area contributed by atoms with Gasteiger partial charge in [-0.15, -0.1) is 0 Å². The summed E-state index contributed by atoms with van der Waals surface area (Å²) >= 11 is 0. The van der Waals surface area contributed by atoms with Crippen LogP contribution in [0.4, 0.5) is 4.79 Å². The molecule has 1 fully saturated rings. The van der Waals surface area contributed by atoms with E-state index in [1.54, 1.807) is 0 Å². The Morgan fingerprint density at radius 2 is 2.07 bits per heavy atom. The molecule has 0 aliphatic carbocycles. The summed E-state index contributed by atoms with van der Waals surface area (Å²) in [4.78, 5) is 11.4. The first-order valence-corrected chi connectivity index (χ1v) is 6.14. The van der Waals surface area contributed by atoms with E-state index in [1.807, 2.05) is 0 Å². The highest BCUT2D eigenvalue weighted by molar-refractivity contribution is 7.91. The first kappa shape index (κ1) is 11.3. The van der Waals surface area contributed by atoms with Gasteiger partial charge in [0.15, 0.2) is 9.84 Å². The maximum atomic E-state index is 11.1. The number of rotatable bonds is 1. The highest BCUT2D eigenvalue weighted by atomic mass is 32.2. The van der Waals surface area contributed by atoms with E-state index in [0.29, 0.717) is 0 Å². The molecule has 2 unspecified atom stereocenters. The van der Waals surface area contributed by atoms with Gasteiger partial charge in [-0.05, 0) is 6.42 Å². The Labute approximate surface area is 82.1 Å². The number of hydrogen-bond acceptors (Lipinski definition) is 4. The van der Waals surface area contributed by atoms with E-state index in [4.69, 9.17) is 5.11 Å². The van der Waals surface area contributed by atoms with Crippen molar-refractivity contribution in [3.8, 4) is 0 Å². The standard InChI is InChI=1S/C7H13NO5S/c1-14(12,13)5-2-3-8(7(10)11)6(9)4-5/h5-6,9H,2-4H2,1H3,(H,10,11). The number of nitrogens with zero attached hydrogens (tertiary/aromatic N) is 1. The average Bonchev–Trinajstić information content (AvgIpc) is 2.01. The normalized spacial score (nSPS) is 28.9. The topological polar surface area (TPSA) is 94.9 Å². The van der Waals surface area contributed by atoms with Crippen LogP contribution in [0.1, 0.15) is 12.8 Å². The Hall–Kier alpha value is -0.820. The predicted octanol–water partition coefficient (Wildman–Crippen LogP) is -0.508. The number of aliphatic hydroxyl groups excluding tert-OH is 1. The Morgan fingerprint density at radius 1 is 1.50 bits per heavy atom. The number of piperidine rings is 1. The molecule has 1 heterocycles. The van der Waals surface area contributed by atoms with Crippen LogP contribution in [0.3, 0.4) is 0 Å². The van der Waals surface area contributed by atoms with Gasteiger partial charge in [-0.3, -0.25) is 4.90 Å². The van der Waals surface area contributed by atoms with E-state index < -0.39 is 27.4 Å². The van der Waals surface area contributed by atoms with E-state index in [1.165, 1.54) is 0 Å². The zero-order valence-electron chi connectivity index (χ0n) is 7.75. The molecule has 0 saturated carbocycles. The second-order valence-corrected chi connectivity index (χ2v) is 5.76. The summed E-state index contributed by atoms with van der Waals surface area (Å²) < 4.78 is 22.3. The molecular formula is C7H13NO5S. The second kappa shape index (κ2) is 3.74. The Balaban J connectivity index is 2.69. The molecule has 0 aromatic rings. The fourth-order valence-corrected chi connectivity index (χ4v) is 2.58. The molecule has 1 amide bonds. The minimum atomic E-state index is -3.19. The monoisotopic (exact) mass is 223 g/mol. The van der Waals surface area contributed by atoms with Gasteiger partial charge in [-0.25, -0.2) is 13.2 Å². The van der Waals surface area contributed by atoms with Crippen molar-refractivity contribution in [2.75, 3.05) is 12.8 Å². The molecule has 0 aromatic carbocycles. The molecule has 7 heteroatoms. The molecule has 6 nitrogen and oxygen atoms in total. The van der Waals surface area contributed by atoms with Crippen molar-refractivity contribution < 1.29 is 23.4 Å². The molecule has 14 heavy (non-hydrogen) atoms. The van der Waals surface area contributed by atoms with Crippen LogP contribution in [0.15, 0.2) is 0 Å². The average molecular weight is 223 g/mol. The van der Waals surface area contributed by atoms with Crippen molar-refractivity contribution in [3.05, 3.63) is 0 Å². The van der Waals surface area contributed by atoms with Crippen LogP contribution >= 0.6 is 0 Å². The van der Waals surface area contributed by atoms with E-state index in [-0.39, 0.29) is 19.4 Å². The van der Waals surface area contributed by atoms with Crippen LogP contribution in [0, 0.1) is 0 Å². The molecule has 1 aliphatic heterocycles. The van der Waals surface area contributed by atoms with Crippen LogP contribution in [0.25, 0.3) is 0 Å². The van der Waals surface area contributed by atoms with Crippen molar-refractivity contribution >= 4 is 15.9 Å². The van der Waals surface area contributed by atoms with E-state index in [2.05, 4.69) is 0 Å². The van der Waals surface area contributed by atoms with Crippen LogP contribution < -0.4 is 0 Å². The SMILES string of the molecule is CS(=O)(=O)C1CCN(C(=O)O)C(O)C1. The lowest BCUT2D eigenvalue weighted by Crippen LogP contribution is -2.48. The highest BCUT2D eigenvalue weighted by Crippen LogP contribution is 2.21. The predicted molar refractivity (Wildman–Crippen MR) is 48.6 cm³/mol. The molecule has 0 spiro atoms. The summed E-state index contributed by atoms with van der Waals surface area (Å²) in [5, 5.41) is 17.3. The van der Waals surface area contributed by atoms with Gasteiger partial charge in [0, 0.05) is 19.2 Å². The number of sulfone groups is 1. The smallest absolute Gasteiger partial charge is 0.409 e. The van der Waals surface area contributed by atoms with Gasteiger partial charge >= 0.3 is 6.09 Å². The molecule has 1 saturated heterocycles. The number of hydrogen-bond donors (Lipinski definition) is 2. The van der Waals surface area contributed by atoms with Gasteiger partial charge < -0.3 is 10.2 Å². The van der Waals surface area contributed by atoms with Crippen molar-refractivity contribution in [1.29, 1.82) is 0 Å². The van der Waals surface area contributed by atoms with Gasteiger partial charge in [-0.2, -0.15) is 0 Å². The molecule has 82 valence electrons. The summed E-state index contributed by atoms with van der Waals surface area (Å²) in [5.41, 5.74) is 0. The van der Waals surface area contributed by atoms with Gasteiger partial charge in [0.2, 0.25) is 0 Å². The molecular weight excluding hydrogens is 210 g/mol. The molecule has 0 aromatic heterocycles. The van der Waals surface area contributed by atoms with E-state index in [9.17, 15) is 18.3 Å². The maximum absolute atomic E-state index is 11.1. The summed E-state index contributed by atoms with van der Waals surface area (Å²) in [6.45, 7) is 0.0637. The third kappa shape index (κ3) is 2.36. The van der Waals surface area contributed by atoms with Crippen molar-refractivity contribution in [3.63, 3.8) is 0 Å². The van der Waals surface area contributed by atoms with Gasteiger partial charge in [0.05, 0.1) is 5.25 Å². The number of carbonyl (C=O) groups is 1. The highest BCUT2D eigenvalue weighted by Gasteiger charge is 2.34. The van der Waals surface area contributed by atoms with Gasteiger partial charge in [0.25, 0.3) is 0 Å². The van der Waals surface area contributed by atoms with E-state index >= 15 is 0 Å². The molecule has 2 N–H and O–H groups in total. The van der Waals surface area contributed by atoms with Crippen molar-refractivity contribution in [2.45, 2.75) is 24.3 Å². The zero-order chi connectivity index (χ0) is 10.9. The summed E-state index contributed by atoms with van der Waals surface area (Å²) in [6.07, 6.45) is -1.11. The summed E-state index contributed by atoms with van der Waals surface area (Å²) in [7, 11) is -3.19. The first-order valence-electron chi connectivity index (χ1n) is 4.19. The molecule has 1 aliphatic rings. The fraction of sp³-hybridized carbons (Fsp3) is 0.857. The van der Waals surface area contributed by atoms with Gasteiger partial charge in [-0.1, -0.05) is 0 Å². The van der Waals surface area contributed by atoms with Crippen LogP contribution in [0.5, 0.6) is 0 Å². The minimum absolute atomic E-state index is 0.0366. The summed E-state index contributed by atoms with van der Waals surface area (Å²) in [6, 6.07) is 0. The quantitative estimate of drug-likeness (QED) is 0.624. The molecule has 2 atom stereocenters. The summed E-state index contributed by atoms with van der Waals surface area (Å²) in [5.74, 6) is 0. The van der Waals surface area contributed by atoms with Crippen LogP contribution in [0.2, 0.25) is 0 Å². The van der Waals surface area contributed by atoms with Crippen molar-refractivity contribution in [1.82, 2.24) is 4.90 Å². The lowest BCUT2D eigenvalue weighted by atomic mass is 10.1. The number of carboxylic acid groups (broad SMARTS) is 1. The Bertz CT molecular complexity index is 325. The van der Waals surface area contributed by atoms with Crippen LogP contribution in [-0.2, 0) is 9.84 Å². The molecule has 0 bridgehead atoms. The lowest BCUT2D eigenvalue weighted by molar-refractivity contribution is -0.0101. The number of aliphatic hydroxyl groups is 1. The minimum Gasteiger partial charge on any atom is -0.465 e. The van der Waals surface area contributed by atoms with Gasteiger partial charge in [0.1, 0.15) is 6.23 Å². The molecule has 0 radical (unpaired) electrons. The lowest BCUT2D eigenvalue weighted by Gasteiger charge is -2.33. The molecule has 1 rings (SSSR count). The number of likely N-dealkylation sites (tertiary alicyclic amines) is 1. The zero-order valence-corrected chi connectivity index (χ0v) is 8.57. The Morgan fingerprint density at radius 3 is 2.43 bits per heavy atom. The second-order valence-electron chi connectivity index (χ2n) is 3.43. The first-order chi connectivity index (χ1) is 6.32. The largest absolute Gasteiger partial charge is 0.465 e. The van der Waals surface area contributed by atoms with E-state index in [0.717, 1.165) is 11.2 Å². The maximum Gasteiger partial charge on any atom is 0.409 e. The third-order valence-corrected chi connectivity index (χ3v) is 4.02.